The van der Waals surface area contributed by atoms with Crippen molar-refractivity contribution in [3.8, 4) is 0 Å². The third-order valence-electron chi connectivity index (χ3n) is 2.85. The van der Waals surface area contributed by atoms with Crippen LogP contribution in [0.3, 0.4) is 0 Å². The molecule has 0 spiro atoms. The number of aryl methyl sites for hydroxylation is 1. The zero-order valence-corrected chi connectivity index (χ0v) is 10.3. The minimum Gasteiger partial charge on any atom is -0.318 e. The van der Waals surface area contributed by atoms with Crippen LogP contribution in [0, 0.1) is 6.92 Å². The lowest BCUT2D eigenvalue weighted by atomic mass is 10.1. The Labute approximate surface area is 101 Å². The summed E-state index contributed by atoms with van der Waals surface area (Å²) in [4.78, 5) is 0. The molecular formula is C13H18N4. The van der Waals surface area contributed by atoms with Crippen molar-refractivity contribution in [2.45, 2.75) is 32.9 Å². The predicted molar refractivity (Wildman–Crippen MR) is 67.5 cm³/mol. The third-order valence-corrected chi connectivity index (χ3v) is 2.85. The van der Waals surface area contributed by atoms with Crippen molar-refractivity contribution < 1.29 is 0 Å². The van der Waals surface area contributed by atoms with Gasteiger partial charge in [0.2, 0.25) is 0 Å². The van der Waals surface area contributed by atoms with E-state index in [2.05, 4.69) is 21.7 Å². The maximum atomic E-state index is 6.24. The van der Waals surface area contributed by atoms with Crippen molar-refractivity contribution >= 4 is 0 Å². The zero-order valence-electron chi connectivity index (χ0n) is 10.3. The van der Waals surface area contributed by atoms with Crippen molar-refractivity contribution in [2.24, 2.45) is 5.73 Å². The number of nitrogens with zero attached hydrogens (tertiary/aromatic N) is 3. The van der Waals surface area contributed by atoms with Gasteiger partial charge in [-0.2, -0.15) is 0 Å². The maximum absolute atomic E-state index is 6.24. The van der Waals surface area contributed by atoms with Gasteiger partial charge in [-0.25, -0.2) is 0 Å². The molecule has 0 saturated heterocycles. The molecule has 1 aromatic carbocycles. The summed E-state index contributed by atoms with van der Waals surface area (Å²) < 4.78 is 2.09. The lowest BCUT2D eigenvalue weighted by Gasteiger charge is -2.13. The van der Waals surface area contributed by atoms with E-state index in [9.17, 15) is 0 Å². The molecular weight excluding hydrogens is 212 g/mol. The number of hydrogen-bond donors (Lipinski definition) is 1. The molecule has 0 bridgehead atoms. The van der Waals surface area contributed by atoms with Crippen LogP contribution in [0.1, 0.15) is 36.6 Å². The molecule has 1 unspecified atom stereocenters. The molecule has 17 heavy (non-hydrogen) atoms. The molecule has 0 amide bonds. The highest BCUT2D eigenvalue weighted by atomic mass is 15.3. The highest BCUT2D eigenvalue weighted by Crippen LogP contribution is 2.18. The Kier molecular flexibility index (Phi) is 3.54. The van der Waals surface area contributed by atoms with Gasteiger partial charge in [-0.05, 0) is 18.9 Å². The van der Waals surface area contributed by atoms with Crippen LogP contribution in [0.4, 0.5) is 0 Å². The lowest BCUT2D eigenvalue weighted by molar-refractivity contribution is 0.600. The molecule has 1 atom stereocenters. The molecule has 2 N–H and O–H groups in total. The van der Waals surface area contributed by atoms with Crippen LogP contribution in [0.25, 0.3) is 0 Å². The number of hydrogen-bond acceptors (Lipinski definition) is 3. The van der Waals surface area contributed by atoms with Crippen LogP contribution < -0.4 is 5.73 Å². The third kappa shape index (κ3) is 2.36. The first-order valence-electron chi connectivity index (χ1n) is 5.94. The molecule has 4 heteroatoms. The van der Waals surface area contributed by atoms with Crippen LogP contribution in [0.5, 0.6) is 0 Å². The van der Waals surface area contributed by atoms with Gasteiger partial charge >= 0.3 is 0 Å². The van der Waals surface area contributed by atoms with Crippen LogP contribution in [0.15, 0.2) is 30.3 Å². The van der Waals surface area contributed by atoms with Gasteiger partial charge in [-0.1, -0.05) is 37.3 Å². The smallest absolute Gasteiger partial charge is 0.154 e. The molecule has 1 aromatic heterocycles. The molecule has 2 aromatic rings. The van der Waals surface area contributed by atoms with Crippen molar-refractivity contribution in [3.05, 3.63) is 47.5 Å². The van der Waals surface area contributed by atoms with Crippen molar-refractivity contribution in [1.82, 2.24) is 14.8 Å². The average Bonchev–Trinajstić information content (AvgIpc) is 2.72. The quantitative estimate of drug-likeness (QED) is 0.874. The van der Waals surface area contributed by atoms with Crippen LogP contribution in [0.2, 0.25) is 0 Å². The van der Waals surface area contributed by atoms with E-state index < -0.39 is 0 Å². The number of rotatable bonds is 4. The summed E-state index contributed by atoms with van der Waals surface area (Å²) in [6.45, 7) is 5.01. The molecule has 0 aliphatic carbocycles. The lowest BCUT2D eigenvalue weighted by Crippen LogP contribution is -2.18. The first-order chi connectivity index (χ1) is 8.24. The summed E-state index contributed by atoms with van der Waals surface area (Å²) in [5, 5.41) is 8.31. The molecule has 2 rings (SSSR count). The summed E-state index contributed by atoms with van der Waals surface area (Å²) in [5.74, 6) is 1.77. The second-order valence-corrected chi connectivity index (χ2v) is 4.15. The van der Waals surface area contributed by atoms with Gasteiger partial charge in [0.25, 0.3) is 0 Å². The monoisotopic (exact) mass is 230 g/mol. The van der Waals surface area contributed by atoms with Gasteiger partial charge in [-0.15, -0.1) is 10.2 Å². The Bertz CT molecular complexity index is 475. The van der Waals surface area contributed by atoms with Gasteiger partial charge in [0.15, 0.2) is 5.82 Å². The topological polar surface area (TPSA) is 56.7 Å². The fourth-order valence-corrected chi connectivity index (χ4v) is 1.94. The summed E-state index contributed by atoms with van der Waals surface area (Å²) in [7, 11) is 0. The van der Waals surface area contributed by atoms with E-state index in [1.807, 2.05) is 37.3 Å². The van der Waals surface area contributed by atoms with E-state index in [0.29, 0.717) is 0 Å². The largest absolute Gasteiger partial charge is 0.318 e. The molecule has 0 radical (unpaired) electrons. The molecule has 0 fully saturated rings. The van der Waals surface area contributed by atoms with Gasteiger partial charge in [0.05, 0.1) is 6.04 Å². The van der Waals surface area contributed by atoms with Crippen LogP contribution in [-0.4, -0.2) is 14.8 Å². The van der Waals surface area contributed by atoms with Crippen molar-refractivity contribution in [1.29, 1.82) is 0 Å². The van der Waals surface area contributed by atoms with Gasteiger partial charge < -0.3 is 10.3 Å². The number of aromatic nitrogens is 3. The summed E-state index contributed by atoms with van der Waals surface area (Å²) in [6, 6.07) is 9.79. The Morgan fingerprint density at radius 1 is 1.24 bits per heavy atom. The Balaban J connectivity index is 2.34. The Morgan fingerprint density at radius 2 is 1.94 bits per heavy atom. The van der Waals surface area contributed by atoms with Crippen molar-refractivity contribution in [2.75, 3.05) is 0 Å². The maximum Gasteiger partial charge on any atom is 0.154 e. The fourth-order valence-electron chi connectivity index (χ4n) is 1.94. The average molecular weight is 230 g/mol. The van der Waals surface area contributed by atoms with Gasteiger partial charge in [0.1, 0.15) is 5.82 Å². The molecule has 0 aliphatic heterocycles. The minimum atomic E-state index is -0.205. The molecule has 0 saturated carbocycles. The van der Waals surface area contributed by atoms with E-state index in [1.165, 1.54) is 0 Å². The minimum absolute atomic E-state index is 0.205. The number of benzene rings is 1. The Morgan fingerprint density at radius 3 is 2.59 bits per heavy atom. The van der Waals surface area contributed by atoms with E-state index in [0.717, 1.165) is 30.2 Å². The molecule has 90 valence electrons. The van der Waals surface area contributed by atoms with Gasteiger partial charge in [0, 0.05) is 6.54 Å². The normalized spacial score (nSPS) is 12.6. The zero-order chi connectivity index (χ0) is 12.3. The summed E-state index contributed by atoms with van der Waals surface area (Å²) in [6.07, 6.45) is 1.05. The van der Waals surface area contributed by atoms with Crippen molar-refractivity contribution in [3.63, 3.8) is 0 Å². The summed E-state index contributed by atoms with van der Waals surface area (Å²) in [5.41, 5.74) is 7.30. The number of nitrogens with two attached hydrogens (primary N) is 1. The standard InChI is InChI=1S/C13H18N4/c1-3-9-17-10(2)15-16-13(17)12(14)11-7-5-4-6-8-11/h4-8,12H,3,9,14H2,1-2H3. The van der Waals surface area contributed by atoms with E-state index >= 15 is 0 Å². The fraction of sp³-hybridized carbons (Fsp3) is 0.385. The SMILES string of the molecule is CCCn1c(C)nnc1C(N)c1ccccc1. The van der Waals surface area contributed by atoms with Crippen LogP contribution in [-0.2, 0) is 6.54 Å². The second-order valence-electron chi connectivity index (χ2n) is 4.15. The highest BCUT2D eigenvalue weighted by Gasteiger charge is 2.17. The molecule has 1 heterocycles. The van der Waals surface area contributed by atoms with E-state index in [-0.39, 0.29) is 6.04 Å². The molecule has 0 aliphatic rings. The first kappa shape index (κ1) is 11.8. The van der Waals surface area contributed by atoms with Gasteiger partial charge in [-0.3, -0.25) is 0 Å². The predicted octanol–water partition coefficient (Wildman–Crippen LogP) is 2.04. The molecule has 4 nitrogen and oxygen atoms in total. The second kappa shape index (κ2) is 5.10. The van der Waals surface area contributed by atoms with Crippen LogP contribution >= 0.6 is 0 Å². The summed E-state index contributed by atoms with van der Waals surface area (Å²) >= 11 is 0. The first-order valence-corrected chi connectivity index (χ1v) is 5.94. The Hall–Kier alpha value is -1.68. The van der Waals surface area contributed by atoms with E-state index in [1.54, 1.807) is 0 Å². The highest BCUT2D eigenvalue weighted by molar-refractivity contribution is 5.24. The van der Waals surface area contributed by atoms with E-state index in [4.69, 9.17) is 5.73 Å².